The maximum atomic E-state index is 11.9. The molecule has 0 saturated heterocycles. The van der Waals surface area contributed by atoms with E-state index in [2.05, 4.69) is 5.32 Å². The highest BCUT2D eigenvalue weighted by atomic mass is 32.2. The van der Waals surface area contributed by atoms with Gasteiger partial charge in [-0.05, 0) is 12.8 Å². The van der Waals surface area contributed by atoms with Crippen molar-refractivity contribution in [2.24, 2.45) is 5.73 Å². The van der Waals surface area contributed by atoms with Gasteiger partial charge >= 0.3 is 15.5 Å². The highest BCUT2D eigenvalue weighted by Crippen LogP contribution is 2.21. The summed E-state index contributed by atoms with van der Waals surface area (Å²) in [7, 11) is -3.86. The van der Waals surface area contributed by atoms with Gasteiger partial charge < -0.3 is 11.1 Å². The number of rotatable bonds is 7. The average molecular weight is 291 g/mol. The minimum Gasteiger partial charge on any atom is -0.358 e. The standard InChI is InChI=1S/C8H16F3N3O3S/c1-13-7(15)6(12)4-2-3-5-14-18(16,17)8(9,10)11/h6,14H,2-5,12H2,1H3,(H,13,15)/t6-/m0/s1. The third-order valence-corrected chi connectivity index (χ3v) is 3.32. The number of hydrogen-bond donors (Lipinski definition) is 3. The Balaban J connectivity index is 3.86. The SMILES string of the molecule is CNC(=O)[C@@H](N)CCCCNS(=O)(=O)C(F)(F)F. The number of nitrogens with two attached hydrogens (primary N) is 1. The van der Waals surface area contributed by atoms with Crippen LogP contribution in [-0.4, -0.2) is 39.5 Å². The molecule has 1 atom stereocenters. The van der Waals surface area contributed by atoms with Gasteiger partial charge in [0.2, 0.25) is 5.91 Å². The van der Waals surface area contributed by atoms with Crippen LogP contribution in [0.1, 0.15) is 19.3 Å². The maximum absolute atomic E-state index is 11.9. The zero-order valence-electron chi connectivity index (χ0n) is 9.75. The second-order valence-corrected chi connectivity index (χ2v) is 5.32. The molecule has 0 spiro atoms. The second-order valence-electron chi connectivity index (χ2n) is 3.56. The first kappa shape index (κ1) is 17.1. The van der Waals surface area contributed by atoms with E-state index < -0.39 is 21.6 Å². The van der Waals surface area contributed by atoms with Gasteiger partial charge in [0.05, 0.1) is 6.04 Å². The Bertz CT molecular complexity index is 370. The number of alkyl halides is 3. The molecule has 10 heteroatoms. The van der Waals surface area contributed by atoms with Gasteiger partial charge in [0.15, 0.2) is 0 Å². The molecule has 4 N–H and O–H groups in total. The molecule has 6 nitrogen and oxygen atoms in total. The summed E-state index contributed by atoms with van der Waals surface area (Å²) in [6.07, 6.45) is 0.780. The lowest BCUT2D eigenvalue weighted by molar-refractivity contribution is -0.122. The maximum Gasteiger partial charge on any atom is 0.511 e. The molecule has 108 valence electrons. The van der Waals surface area contributed by atoms with Gasteiger partial charge in [-0.1, -0.05) is 6.42 Å². The number of likely N-dealkylation sites (N-methyl/N-ethyl adjacent to an activating group) is 1. The third kappa shape index (κ3) is 5.65. The highest BCUT2D eigenvalue weighted by molar-refractivity contribution is 7.90. The van der Waals surface area contributed by atoms with Gasteiger partial charge in [-0.2, -0.15) is 13.2 Å². The first-order valence-electron chi connectivity index (χ1n) is 5.15. The van der Waals surface area contributed by atoms with E-state index in [1.165, 1.54) is 11.8 Å². The van der Waals surface area contributed by atoms with Crippen molar-refractivity contribution in [2.75, 3.05) is 13.6 Å². The first-order valence-corrected chi connectivity index (χ1v) is 6.63. The van der Waals surface area contributed by atoms with Crippen LogP contribution in [0.2, 0.25) is 0 Å². The topological polar surface area (TPSA) is 101 Å². The van der Waals surface area contributed by atoms with E-state index >= 15 is 0 Å². The number of sulfonamides is 1. The quantitative estimate of drug-likeness (QED) is 0.559. The molecule has 0 aromatic heterocycles. The molecule has 0 aliphatic heterocycles. The monoisotopic (exact) mass is 291 g/mol. The summed E-state index contributed by atoms with van der Waals surface area (Å²) in [6.45, 7) is -0.345. The summed E-state index contributed by atoms with van der Waals surface area (Å²) >= 11 is 0. The molecule has 18 heavy (non-hydrogen) atoms. The Morgan fingerprint density at radius 3 is 2.33 bits per heavy atom. The van der Waals surface area contributed by atoms with Gasteiger partial charge in [0.25, 0.3) is 0 Å². The Morgan fingerprint density at radius 2 is 1.89 bits per heavy atom. The van der Waals surface area contributed by atoms with Crippen molar-refractivity contribution in [3.8, 4) is 0 Å². The molecule has 0 aliphatic carbocycles. The van der Waals surface area contributed by atoms with Crippen molar-refractivity contribution in [1.82, 2.24) is 10.0 Å². The molecule has 0 heterocycles. The normalized spacial score (nSPS) is 14.3. The summed E-state index contributed by atoms with van der Waals surface area (Å²) in [6, 6.07) is -0.741. The molecule has 0 aromatic carbocycles. The van der Waals surface area contributed by atoms with Crippen LogP contribution in [0.5, 0.6) is 0 Å². The van der Waals surface area contributed by atoms with Gasteiger partial charge in [0.1, 0.15) is 0 Å². The van der Waals surface area contributed by atoms with Crippen LogP contribution in [0.25, 0.3) is 0 Å². The fraction of sp³-hybridized carbons (Fsp3) is 0.875. The average Bonchev–Trinajstić information content (AvgIpc) is 2.25. The van der Waals surface area contributed by atoms with Gasteiger partial charge in [-0.3, -0.25) is 4.79 Å². The largest absolute Gasteiger partial charge is 0.511 e. The number of amides is 1. The zero-order chi connectivity index (χ0) is 14.4. The number of unbranched alkanes of at least 4 members (excludes halogenated alkanes) is 1. The van der Waals surface area contributed by atoms with Crippen molar-refractivity contribution in [2.45, 2.75) is 30.8 Å². The van der Waals surface area contributed by atoms with Gasteiger partial charge in [0, 0.05) is 13.6 Å². The van der Waals surface area contributed by atoms with Gasteiger partial charge in [-0.25, -0.2) is 13.1 Å². The van der Waals surface area contributed by atoms with Crippen molar-refractivity contribution in [1.29, 1.82) is 0 Å². The highest BCUT2D eigenvalue weighted by Gasteiger charge is 2.45. The van der Waals surface area contributed by atoms with Crippen LogP contribution < -0.4 is 15.8 Å². The van der Waals surface area contributed by atoms with Crippen molar-refractivity contribution in [3.63, 3.8) is 0 Å². The molecule has 0 unspecified atom stereocenters. The minimum absolute atomic E-state index is 0.167. The Morgan fingerprint density at radius 1 is 1.33 bits per heavy atom. The smallest absolute Gasteiger partial charge is 0.358 e. The summed E-state index contributed by atoms with van der Waals surface area (Å²) in [4.78, 5) is 11.0. The van der Waals surface area contributed by atoms with Crippen LogP contribution in [0, 0.1) is 0 Å². The van der Waals surface area contributed by atoms with Crippen LogP contribution >= 0.6 is 0 Å². The van der Waals surface area contributed by atoms with Crippen molar-refractivity contribution >= 4 is 15.9 Å². The lowest BCUT2D eigenvalue weighted by Crippen LogP contribution is -2.39. The predicted octanol–water partition coefficient (Wildman–Crippen LogP) is -0.331. The molecule has 0 rings (SSSR count). The number of halogens is 3. The fourth-order valence-corrected chi connectivity index (χ4v) is 1.67. The molecule has 0 bridgehead atoms. The fourth-order valence-electron chi connectivity index (χ4n) is 1.09. The Hall–Kier alpha value is -0.870. The number of carbonyl (C=O) groups excluding carboxylic acids is 1. The molecule has 0 fully saturated rings. The predicted molar refractivity (Wildman–Crippen MR) is 58.9 cm³/mol. The number of nitrogens with one attached hydrogen (secondary N) is 2. The summed E-state index contributed by atoms with van der Waals surface area (Å²) in [5, 5.41) is 2.33. The van der Waals surface area contributed by atoms with E-state index in [1.807, 2.05) is 0 Å². The molecular formula is C8H16F3N3O3S. The van der Waals surface area contributed by atoms with E-state index in [4.69, 9.17) is 5.73 Å². The lowest BCUT2D eigenvalue weighted by atomic mass is 10.1. The molecular weight excluding hydrogens is 275 g/mol. The van der Waals surface area contributed by atoms with Crippen LogP contribution in [-0.2, 0) is 14.8 Å². The van der Waals surface area contributed by atoms with Crippen LogP contribution in [0.4, 0.5) is 13.2 Å². The van der Waals surface area contributed by atoms with Crippen LogP contribution in [0.15, 0.2) is 0 Å². The summed E-state index contributed by atoms with van der Waals surface area (Å²) in [5.41, 5.74) is 0.134. The lowest BCUT2D eigenvalue weighted by Gasteiger charge is -2.11. The molecule has 0 radical (unpaired) electrons. The second kappa shape index (κ2) is 6.90. The van der Waals surface area contributed by atoms with Gasteiger partial charge in [-0.15, -0.1) is 0 Å². The van der Waals surface area contributed by atoms with E-state index in [0.29, 0.717) is 6.42 Å². The van der Waals surface area contributed by atoms with E-state index in [0.717, 1.165) is 0 Å². The van der Waals surface area contributed by atoms with Crippen molar-refractivity contribution in [3.05, 3.63) is 0 Å². The number of hydrogen-bond acceptors (Lipinski definition) is 4. The molecule has 1 amide bonds. The molecule has 0 saturated carbocycles. The van der Waals surface area contributed by atoms with E-state index in [1.54, 1.807) is 0 Å². The summed E-state index contributed by atoms with van der Waals surface area (Å²) in [5.74, 6) is -0.370. The first-order chi connectivity index (χ1) is 8.12. The van der Waals surface area contributed by atoms with E-state index in [9.17, 15) is 26.4 Å². The molecule has 0 aromatic rings. The Kier molecular flexibility index (Phi) is 6.57. The summed E-state index contributed by atoms with van der Waals surface area (Å²) < 4.78 is 58.3. The molecule has 0 aliphatic rings. The van der Waals surface area contributed by atoms with Crippen molar-refractivity contribution < 1.29 is 26.4 Å². The number of carbonyl (C=O) groups is 1. The van der Waals surface area contributed by atoms with Crippen LogP contribution in [0.3, 0.4) is 0 Å². The Labute approximate surface area is 103 Å². The van der Waals surface area contributed by atoms with E-state index in [-0.39, 0.29) is 25.3 Å². The minimum atomic E-state index is -5.30. The zero-order valence-corrected chi connectivity index (χ0v) is 10.6. The third-order valence-electron chi connectivity index (χ3n) is 2.12.